The van der Waals surface area contributed by atoms with E-state index in [0.29, 0.717) is 5.52 Å². The van der Waals surface area contributed by atoms with E-state index < -0.39 is 17.6 Å². The smallest absolute Gasteiger partial charge is 0.276 e. The molecule has 2 aromatic carbocycles. The molecular formula is C19H15FN6O3. The number of hydrogen-bond donors (Lipinski definition) is 4. The number of aromatic amines is 2. The quantitative estimate of drug-likeness (QED) is 0.414. The molecule has 0 spiro atoms. The summed E-state index contributed by atoms with van der Waals surface area (Å²) in [5.74, 6) is -1.73. The van der Waals surface area contributed by atoms with Crippen LogP contribution in [0, 0.1) is 5.82 Å². The van der Waals surface area contributed by atoms with E-state index in [2.05, 4.69) is 30.6 Å². The Morgan fingerprint density at radius 2 is 1.90 bits per heavy atom. The number of nitrogens with zero attached hydrogens (tertiary/aromatic N) is 2. The van der Waals surface area contributed by atoms with Crippen molar-refractivity contribution in [2.75, 3.05) is 17.7 Å². The zero-order valence-electron chi connectivity index (χ0n) is 15.1. The number of halogens is 1. The minimum Gasteiger partial charge on any atom is -0.494 e. The van der Waals surface area contributed by atoms with Gasteiger partial charge in [0, 0.05) is 0 Å². The number of ether oxygens (including phenoxy) is 1. The molecule has 2 aromatic heterocycles. The molecule has 2 heterocycles. The van der Waals surface area contributed by atoms with Crippen LogP contribution in [0.1, 0.15) is 21.0 Å². The summed E-state index contributed by atoms with van der Waals surface area (Å²) in [5, 5.41) is 4.96. The van der Waals surface area contributed by atoms with Crippen molar-refractivity contribution in [2.45, 2.75) is 0 Å². The average molecular weight is 394 g/mol. The van der Waals surface area contributed by atoms with E-state index in [1.165, 1.54) is 31.6 Å². The third-order valence-electron chi connectivity index (χ3n) is 4.14. The molecule has 0 bridgehead atoms. The lowest BCUT2D eigenvalue weighted by atomic mass is 10.2. The molecule has 9 nitrogen and oxygen atoms in total. The van der Waals surface area contributed by atoms with Gasteiger partial charge in [0.25, 0.3) is 11.8 Å². The van der Waals surface area contributed by atoms with Crippen LogP contribution in [0.25, 0.3) is 11.0 Å². The Hall–Kier alpha value is -4.21. The molecule has 0 saturated carbocycles. The monoisotopic (exact) mass is 394 g/mol. The first-order valence-corrected chi connectivity index (χ1v) is 8.50. The lowest BCUT2D eigenvalue weighted by Gasteiger charge is -2.10. The molecular weight excluding hydrogens is 379 g/mol. The number of hydrogen-bond acceptors (Lipinski definition) is 5. The molecule has 146 valence electrons. The van der Waals surface area contributed by atoms with Crippen molar-refractivity contribution in [1.82, 2.24) is 19.9 Å². The molecule has 0 aliphatic heterocycles. The van der Waals surface area contributed by atoms with Crippen LogP contribution in [0.4, 0.5) is 16.0 Å². The van der Waals surface area contributed by atoms with Crippen molar-refractivity contribution in [3.8, 4) is 5.75 Å². The summed E-state index contributed by atoms with van der Waals surface area (Å²) in [4.78, 5) is 38.9. The Morgan fingerprint density at radius 3 is 2.69 bits per heavy atom. The molecule has 0 radical (unpaired) electrons. The number of carbonyl (C=O) groups is 2. The first kappa shape index (κ1) is 18.2. The molecule has 0 unspecified atom stereocenters. The maximum Gasteiger partial charge on any atom is 0.276 e. The maximum absolute atomic E-state index is 14.1. The average Bonchev–Trinajstić information content (AvgIpc) is 3.35. The summed E-state index contributed by atoms with van der Waals surface area (Å²) >= 11 is 0. The van der Waals surface area contributed by atoms with E-state index >= 15 is 0 Å². The zero-order chi connectivity index (χ0) is 20.4. The molecule has 0 atom stereocenters. The maximum atomic E-state index is 14.1. The van der Waals surface area contributed by atoms with Crippen LogP contribution in [-0.4, -0.2) is 38.9 Å². The van der Waals surface area contributed by atoms with Crippen molar-refractivity contribution in [3.63, 3.8) is 0 Å². The molecule has 4 rings (SSSR count). The van der Waals surface area contributed by atoms with Gasteiger partial charge in [-0.1, -0.05) is 18.2 Å². The third kappa shape index (κ3) is 3.50. The first-order valence-electron chi connectivity index (χ1n) is 8.50. The Labute approximate surface area is 163 Å². The van der Waals surface area contributed by atoms with Crippen molar-refractivity contribution in [3.05, 3.63) is 66.0 Å². The van der Waals surface area contributed by atoms with E-state index in [0.717, 1.165) is 5.52 Å². The predicted molar refractivity (Wildman–Crippen MR) is 104 cm³/mol. The second kappa shape index (κ2) is 7.43. The van der Waals surface area contributed by atoms with Crippen LogP contribution >= 0.6 is 0 Å². The number of methoxy groups -OCH3 is 1. The number of carbonyl (C=O) groups excluding carboxylic acids is 2. The van der Waals surface area contributed by atoms with Crippen molar-refractivity contribution < 1.29 is 18.7 Å². The Bertz CT molecular complexity index is 1180. The zero-order valence-corrected chi connectivity index (χ0v) is 15.1. The fourth-order valence-electron chi connectivity index (χ4n) is 2.79. The minimum absolute atomic E-state index is 0.0988. The van der Waals surface area contributed by atoms with Crippen LogP contribution in [0.2, 0.25) is 0 Å². The Morgan fingerprint density at radius 1 is 1.07 bits per heavy atom. The van der Waals surface area contributed by atoms with E-state index in [4.69, 9.17) is 4.74 Å². The van der Waals surface area contributed by atoms with Gasteiger partial charge in [-0.15, -0.1) is 0 Å². The fourth-order valence-corrected chi connectivity index (χ4v) is 2.79. The lowest BCUT2D eigenvalue weighted by molar-refractivity contribution is 0.0985. The normalized spacial score (nSPS) is 10.7. The Balaban J connectivity index is 1.56. The van der Waals surface area contributed by atoms with Crippen LogP contribution < -0.4 is 15.4 Å². The number of para-hydroxylation sites is 3. The van der Waals surface area contributed by atoms with Crippen molar-refractivity contribution >= 4 is 34.5 Å². The van der Waals surface area contributed by atoms with Crippen LogP contribution in [0.15, 0.2) is 48.8 Å². The van der Waals surface area contributed by atoms with E-state index in [1.807, 2.05) is 18.2 Å². The number of rotatable bonds is 5. The number of imidazole rings is 2. The second-order valence-corrected chi connectivity index (χ2v) is 5.95. The Kier molecular flexibility index (Phi) is 4.65. The van der Waals surface area contributed by atoms with Crippen LogP contribution in [0.3, 0.4) is 0 Å². The molecule has 0 saturated heterocycles. The van der Waals surface area contributed by atoms with Crippen molar-refractivity contribution in [1.29, 1.82) is 0 Å². The summed E-state index contributed by atoms with van der Waals surface area (Å²) in [5.41, 5.74) is 0.975. The van der Waals surface area contributed by atoms with Crippen LogP contribution in [0.5, 0.6) is 5.75 Å². The molecule has 4 aromatic rings. The summed E-state index contributed by atoms with van der Waals surface area (Å²) in [7, 11) is 1.35. The highest BCUT2D eigenvalue weighted by Gasteiger charge is 2.23. The highest BCUT2D eigenvalue weighted by atomic mass is 19.1. The van der Waals surface area contributed by atoms with Gasteiger partial charge in [-0.05, 0) is 24.3 Å². The number of nitrogens with one attached hydrogen (secondary N) is 4. The highest BCUT2D eigenvalue weighted by molar-refractivity contribution is 6.13. The molecule has 4 N–H and O–H groups in total. The van der Waals surface area contributed by atoms with Crippen LogP contribution in [-0.2, 0) is 0 Å². The van der Waals surface area contributed by atoms with Gasteiger partial charge < -0.3 is 20.0 Å². The van der Waals surface area contributed by atoms with Gasteiger partial charge in [-0.25, -0.2) is 14.4 Å². The summed E-state index contributed by atoms with van der Waals surface area (Å²) < 4.78 is 19.1. The van der Waals surface area contributed by atoms with E-state index in [1.54, 1.807) is 6.07 Å². The molecule has 0 aliphatic rings. The predicted octanol–water partition coefficient (Wildman–Crippen LogP) is 2.94. The summed E-state index contributed by atoms with van der Waals surface area (Å²) in [6, 6.07) is 11.4. The standard InChI is InChI=1S/C19H15FN6O3/c1-29-13-8-4-5-10(20)14(13)25-17(27)15-16(22-9-21-15)18(28)26-19-23-11-6-2-3-7-12(11)24-19/h2-9H,1H3,(H,21,22)(H,25,27)(H2,23,24,26,28). The number of aromatic nitrogens is 4. The largest absolute Gasteiger partial charge is 0.494 e. The summed E-state index contributed by atoms with van der Waals surface area (Å²) in [6.45, 7) is 0. The van der Waals surface area contributed by atoms with Gasteiger partial charge in [0.1, 0.15) is 17.1 Å². The van der Waals surface area contributed by atoms with E-state index in [-0.39, 0.29) is 28.8 Å². The lowest BCUT2D eigenvalue weighted by Crippen LogP contribution is -2.21. The van der Waals surface area contributed by atoms with Gasteiger partial charge in [0.2, 0.25) is 5.95 Å². The molecule has 29 heavy (non-hydrogen) atoms. The topological polar surface area (TPSA) is 125 Å². The number of amides is 2. The summed E-state index contributed by atoms with van der Waals surface area (Å²) in [6.07, 6.45) is 1.20. The van der Waals surface area contributed by atoms with Gasteiger partial charge in [0.05, 0.1) is 24.5 Å². The third-order valence-corrected chi connectivity index (χ3v) is 4.14. The molecule has 0 aliphatic carbocycles. The number of H-pyrrole nitrogens is 2. The molecule has 0 fully saturated rings. The number of fused-ring (bicyclic) bond motifs is 1. The molecule has 2 amide bonds. The molecule has 10 heteroatoms. The fraction of sp³-hybridized carbons (Fsp3) is 0.0526. The number of benzene rings is 2. The highest BCUT2D eigenvalue weighted by Crippen LogP contribution is 2.27. The van der Waals surface area contributed by atoms with Gasteiger partial charge in [-0.2, -0.15) is 0 Å². The SMILES string of the molecule is COc1cccc(F)c1NC(=O)c1nc[nH]c1C(=O)Nc1nc2ccccc2[nH]1. The van der Waals surface area contributed by atoms with Gasteiger partial charge in [-0.3, -0.25) is 14.9 Å². The van der Waals surface area contributed by atoms with E-state index in [9.17, 15) is 14.0 Å². The second-order valence-electron chi connectivity index (χ2n) is 5.95. The van der Waals surface area contributed by atoms with Gasteiger partial charge >= 0.3 is 0 Å². The number of anilines is 2. The minimum atomic E-state index is -0.774. The van der Waals surface area contributed by atoms with Gasteiger partial charge in [0.15, 0.2) is 11.5 Å². The van der Waals surface area contributed by atoms with Crippen molar-refractivity contribution in [2.24, 2.45) is 0 Å². The first-order chi connectivity index (χ1) is 14.1.